The summed E-state index contributed by atoms with van der Waals surface area (Å²) in [6.07, 6.45) is 0. The number of hydrogen-bond acceptors (Lipinski definition) is 3. The number of hydrogen-bond donors (Lipinski definition) is 1. The van der Waals surface area contributed by atoms with E-state index in [1.54, 1.807) is 0 Å². The average molecular weight is 408 g/mol. The lowest BCUT2D eigenvalue weighted by atomic mass is 10.00. The Bertz CT molecular complexity index is 993. The molecule has 3 aromatic rings. The summed E-state index contributed by atoms with van der Waals surface area (Å²) in [4.78, 5) is 16.9. The molecule has 150 valence electrons. The summed E-state index contributed by atoms with van der Waals surface area (Å²) < 4.78 is 0. The van der Waals surface area contributed by atoms with E-state index in [1.165, 1.54) is 16.3 Å². The number of nitrogens with zero attached hydrogens (tertiary/aromatic N) is 2. The van der Waals surface area contributed by atoms with Gasteiger partial charge in [0.2, 0.25) is 5.91 Å². The van der Waals surface area contributed by atoms with E-state index in [2.05, 4.69) is 59.6 Å². The summed E-state index contributed by atoms with van der Waals surface area (Å²) >= 11 is 6.31. The first kappa shape index (κ1) is 19.7. The smallest absolute Gasteiger partial charge is 0.236 e. The zero-order chi connectivity index (χ0) is 20.2. The number of para-hydroxylation sites is 1. The van der Waals surface area contributed by atoms with Gasteiger partial charge in [-0.2, -0.15) is 0 Å². The van der Waals surface area contributed by atoms with Gasteiger partial charge in [0.1, 0.15) is 0 Å². The van der Waals surface area contributed by atoms with Crippen LogP contribution in [0.5, 0.6) is 0 Å². The second-order valence-electron chi connectivity index (χ2n) is 7.49. The number of rotatable bonds is 5. The summed E-state index contributed by atoms with van der Waals surface area (Å²) in [6, 6.07) is 22.7. The number of nitrogens with one attached hydrogen (secondary N) is 1. The summed E-state index contributed by atoms with van der Waals surface area (Å²) in [6.45, 7) is 5.49. The molecule has 4 rings (SSSR count). The molecule has 1 aliphatic heterocycles. The van der Waals surface area contributed by atoms with E-state index in [0.29, 0.717) is 19.6 Å². The van der Waals surface area contributed by atoms with E-state index in [9.17, 15) is 4.79 Å². The Balaban J connectivity index is 1.33. The quantitative estimate of drug-likeness (QED) is 0.676. The number of carbonyl (C=O) groups is 1. The van der Waals surface area contributed by atoms with Crippen molar-refractivity contribution in [3.63, 3.8) is 0 Å². The van der Waals surface area contributed by atoms with Gasteiger partial charge in [-0.25, -0.2) is 0 Å². The van der Waals surface area contributed by atoms with Gasteiger partial charge in [-0.15, -0.1) is 0 Å². The Morgan fingerprint density at radius 1 is 0.966 bits per heavy atom. The molecule has 1 atom stereocenters. The number of piperazine rings is 1. The minimum Gasteiger partial charge on any atom is -0.367 e. The van der Waals surface area contributed by atoms with E-state index in [0.717, 1.165) is 23.8 Å². The highest BCUT2D eigenvalue weighted by Gasteiger charge is 2.22. The minimum atomic E-state index is 0.106. The van der Waals surface area contributed by atoms with Crippen LogP contribution in [-0.4, -0.2) is 43.5 Å². The molecule has 0 aromatic heterocycles. The molecule has 29 heavy (non-hydrogen) atoms. The Kier molecular flexibility index (Phi) is 6.02. The Hall–Kier alpha value is -2.56. The van der Waals surface area contributed by atoms with Crippen molar-refractivity contribution in [1.29, 1.82) is 0 Å². The molecule has 0 radical (unpaired) electrons. The molecule has 0 saturated carbocycles. The van der Waals surface area contributed by atoms with Gasteiger partial charge in [0, 0.05) is 32.2 Å². The highest BCUT2D eigenvalue weighted by molar-refractivity contribution is 6.33. The van der Waals surface area contributed by atoms with Crippen LogP contribution in [0, 0.1) is 0 Å². The van der Waals surface area contributed by atoms with Gasteiger partial charge in [0.05, 0.1) is 17.3 Å². The van der Waals surface area contributed by atoms with Crippen molar-refractivity contribution in [3.8, 4) is 0 Å². The Labute approximate surface area is 177 Å². The number of fused-ring (bicyclic) bond motifs is 1. The third-order valence-corrected chi connectivity index (χ3v) is 5.99. The van der Waals surface area contributed by atoms with Gasteiger partial charge in [0.25, 0.3) is 0 Å². The molecule has 1 fully saturated rings. The summed E-state index contributed by atoms with van der Waals surface area (Å²) in [5.74, 6) is 0.149. The van der Waals surface area contributed by atoms with Crippen molar-refractivity contribution in [1.82, 2.24) is 10.2 Å². The van der Waals surface area contributed by atoms with Gasteiger partial charge in [0.15, 0.2) is 0 Å². The number of halogens is 1. The van der Waals surface area contributed by atoms with Gasteiger partial charge in [-0.3, -0.25) is 4.79 Å². The maximum absolute atomic E-state index is 12.7. The fourth-order valence-electron chi connectivity index (χ4n) is 4.00. The Morgan fingerprint density at radius 3 is 2.45 bits per heavy atom. The molecule has 0 unspecified atom stereocenters. The number of amides is 1. The molecular formula is C24H26ClN3O. The second kappa shape index (κ2) is 8.85. The lowest BCUT2D eigenvalue weighted by Crippen LogP contribution is -2.51. The minimum absolute atomic E-state index is 0.106. The van der Waals surface area contributed by atoms with Gasteiger partial charge >= 0.3 is 0 Å². The van der Waals surface area contributed by atoms with Crippen LogP contribution in [0.2, 0.25) is 5.02 Å². The predicted molar refractivity (Wildman–Crippen MR) is 121 cm³/mol. The molecule has 1 N–H and O–H groups in total. The maximum Gasteiger partial charge on any atom is 0.236 e. The largest absolute Gasteiger partial charge is 0.367 e. The van der Waals surface area contributed by atoms with E-state index in [4.69, 9.17) is 11.6 Å². The van der Waals surface area contributed by atoms with Crippen LogP contribution < -0.4 is 10.2 Å². The molecule has 1 aliphatic rings. The lowest BCUT2D eigenvalue weighted by molar-refractivity contribution is -0.130. The zero-order valence-corrected chi connectivity index (χ0v) is 17.4. The summed E-state index contributed by atoms with van der Waals surface area (Å²) in [7, 11) is 0. The second-order valence-corrected chi connectivity index (χ2v) is 7.90. The first-order valence-corrected chi connectivity index (χ1v) is 10.5. The Morgan fingerprint density at radius 2 is 1.66 bits per heavy atom. The van der Waals surface area contributed by atoms with Crippen molar-refractivity contribution < 1.29 is 4.79 Å². The molecule has 4 nitrogen and oxygen atoms in total. The molecule has 0 spiro atoms. The zero-order valence-electron chi connectivity index (χ0n) is 16.6. The van der Waals surface area contributed by atoms with Crippen LogP contribution in [0.15, 0.2) is 66.7 Å². The standard InChI is InChI=1S/C24H26ClN3O/c1-18(20-10-6-8-19-7-2-3-9-21(19)20)26-17-24(29)28-15-13-27(14-16-28)23-12-5-4-11-22(23)25/h2-12,18,26H,13-17H2,1H3/t18-/m1/s1. The molecule has 3 aromatic carbocycles. The highest BCUT2D eigenvalue weighted by atomic mass is 35.5. The molecule has 1 saturated heterocycles. The molecule has 5 heteroatoms. The number of benzene rings is 3. The summed E-state index contributed by atoms with van der Waals surface area (Å²) in [5, 5.41) is 6.63. The highest BCUT2D eigenvalue weighted by Crippen LogP contribution is 2.26. The monoisotopic (exact) mass is 407 g/mol. The van der Waals surface area contributed by atoms with E-state index in [1.807, 2.05) is 29.2 Å². The van der Waals surface area contributed by atoms with Crippen molar-refractivity contribution in [2.45, 2.75) is 13.0 Å². The van der Waals surface area contributed by atoms with Crippen LogP contribution in [-0.2, 0) is 4.79 Å². The molecular weight excluding hydrogens is 382 g/mol. The first-order chi connectivity index (χ1) is 14.1. The molecule has 0 aliphatic carbocycles. The van der Waals surface area contributed by atoms with E-state index in [-0.39, 0.29) is 11.9 Å². The van der Waals surface area contributed by atoms with Gasteiger partial charge in [-0.1, -0.05) is 66.2 Å². The van der Waals surface area contributed by atoms with Crippen molar-refractivity contribution in [2.24, 2.45) is 0 Å². The molecule has 1 amide bonds. The molecule has 0 bridgehead atoms. The predicted octanol–water partition coefficient (Wildman–Crippen LogP) is 4.49. The van der Waals surface area contributed by atoms with Crippen molar-refractivity contribution in [3.05, 3.63) is 77.3 Å². The SMILES string of the molecule is C[C@@H](NCC(=O)N1CCN(c2ccccc2Cl)CC1)c1cccc2ccccc12. The average Bonchev–Trinajstić information content (AvgIpc) is 2.77. The number of anilines is 1. The third kappa shape index (κ3) is 4.39. The maximum atomic E-state index is 12.7. The third-order valence-electron chi connectivity index (χ3n) is 5.67. The van der Waals surface area contributed by atoms with Crippen LogP contribution in [0.4, 0.5) is 5.69 Å². The number of carbonyl (C=O) groups excluding carboxylic acids is 1. The summed E-state index contributed by atoms with van der Waals surface area (Å²) in [5.41, 5.74) is 2.27. The van der Waals surface area contributed by atoms with Crippen LogP contribution >= 0.6 is 11.6 Å². The van der Waals surface area contributed by atoms with Gasteiger partial charge in [-0.05, 0) is 35.4 Å². The van der Waals surface area contributed by atoms with Crippen molar-refractivity contribution in [2.75, 3.05) is 37.6 Å². The normalized spacial score (nSPS) is 15.5. The van der Waals surface area contributed by atoms with Crippen molar-refractivity contribution >= 4 is 34.0 Å². The topological polar surface area (TPSA) is 35.6 Å². The van der Waals surface area contributed by atoms with E-state index >= 15 is 0 Å². The lowest BCUT2D eigenvalue weighted by Gasteiger charge is -2.36. The van der Waals surface area contributed by atoms with Crippen LogP contribution in [0.1, 0.15) is 18.5 Å². The fraction of sp³-hybridized carbons (Fsp3) is 0.292. The van der Waals surface area contributed by atoms with Gasteiger partial charge < -0.3 is 15.1 Å². The fourth-order valence-corrected chi connectivity index (χ4v) is 4.25. The van der Waals surface area contributed by atoms with E-state index < -0.39 is 0 Å². The molecule has 1 heterocycles. The van der Waals surface area contributed by atoms with Crippen LogP contribution in [0.3, 0.4) is 0 Å². The van der Waals surface area contributed by atoms with Crippen LogP contribution in [0.25, 0.3) is 10.8 Å². The first-order valence-electron chi connectivity index (χ1n) is 10.1.